The Bertz CT molecular complexity index is 5910. The topological polar surface area (TPSA) is 296 Å². The van der Waals surface area contributed by atoms with Crippen LogP contribution in [0.3, 0.4) is 0 Å². The lowest BCUT2D eigenvalue weighted by molar-refractivity contribution is -0.137. The third kappa shape index (κ3) is 22.5. The van der Waals surface area contributed by atoms with Crippen molar-refractivity contribution in [1.29, 1.82) is 0 Å². The summed E-state index contributed by atoms with van der Waals surface area (Å²) in [5, 5.41) is 22.7. The number of anilines is 3. The second-order valence-electron chi connectivity index (χ2n) is 28.2. The van der Waals surface area contributed by atoms with Crippen molar-refractivity contribution >= 4 is 115 Å². The zero-order valence-corrected chi connectivity index (χ0v) is 67.8. The maximum Gasteiger partial charge on any atom is 0.416 e. The maximum absolute atomic E-state index is 14.5. The number of allylic oxidation sites excluding steroid dienone is 2. The molecular weight excluding hydrogens is 1590 g/mol. The van der Waals surface area contributed by atoms with E-state index in [2.05, 4.69) is 61.5 Å². The quantitative estimate of drug-likeness (QED) is 0.0462. The number of hydrogen-bond acceptors (Lipinski definition) is 18. The highest BCUT2D eigenvalue weighted by molar-refractivity contribution is 7.89. The maximum atomic E-state index is 14.5. The van der Waals surface area contributed by atoms with Gasteiger partial charge in [-0.2, -0.15) is 21.8 Å². The fourth-order valence-corrected chi connectivity index (χ4v) is 18.9. The highest BCUT2D eigenvalue weighted by Gasteiger charge is 2.36. The zero-order valence-electron chi connectivity index (χ0n) is 64.6. The SMILES string of the molecule is CC1=C(C(=O)Cc2cc3cc[nH]c3cc2F)C(c2ccc(C(F)(F)F)cc2)CC(=O)C1.C[C@H]1CNCCCN1S(=O)(=O)c1cccc2cccc(F)c12.Cc1cccc(CNC(=O)Nc2nc(-c3ccncc3)cs2)c1.O=C(NCc1ccccc1)c1csc(Nc2ccncn2)n1.O=S(=O)(c1cccc2cnccc12)N1CCCCCC1. The van der Waals surface area contributed by atoms with E-state index < -0.39 is 49.3 Å². The molecule has 3 aliphatic rings. The summed E-state index contributed by atoms with van der Waals surface area (Å²) in [5.41, 5.74) is 6.96. The molecule has 0 bridgehead atoms. The van der Waals surface area contributed by atoms with Crippen LogP contribution in [0.2, 0.25) is 0 Å². The molecule has 610 valence electrons. The first kappa shape index (κ1) is 85.7. The number of carbonyl (C=O) groups is 4. The van der Waals surface area contributed by atoms with Crippen molar-refractivity contribution in [3.8, 4) is 11.3 Å². The molecule has 2 atom stereocenters. The number of ketones is 2. The number of pyridine rings is 2. The number of fused-ring (bicyclic) bond motifs is 3. The third-order valence-electron chi connectivity index (χ3n) is 19.7. The number of aromatic amines is 1. The van der Waals surface area contributed by atoms with Crippen LogP contribution in [-0.2, 0) is 55.3 Å². The Morgan fingerprint density at radius 2 is 1.34 bits per heavy atom. The van der Waals surface area contributed by atoms with Crippen LogP contribution < -0.4 is 26.6 Å². The number of aromatic nitrogens is 7. The second kappa shape index (κ2) is 40.0. The van der Waals surface area contributed by atoms with Gasteiger partial charge in [0.25, 0.3) is 5.91 Å². The monoisotopic (exact) mass is 1680 g/mol. The number of rotatable bonds is 17. The van der Waals surface area contributed by atoms with Gasteiger partial charge < -0.3 is 26.3 Å². The number of aryl methyl sites for hydroxylation is 1. The summed E-state index contributed by atoms with van der Waals surface area (Å²) in [5.74, 6) is -1.63. The number of alkyl halides is 3. The molecule has 118 heavy (non-hydrogen) atoms. The lowest BCUT2D eigenvalue weighted by Crippen LogP contribution is -2.41. The van der Waals surface area contributed by atoms with Crippen molar-refractivity contribution in [3.05, 3.63) is 292 Å². The molecule has 2 saturated heterocycles. The minimum atomic E-state index is -4.47. The first-order valence-electron chi connectivity index (χ1n) is 38.0. The van der Waals surface area contributed by atoms with Crippen LogP contribution in [0.5, 0.6) is 0 Å². The molecule has 22 nitrogen and oxygen atoms in total. The molecule has 6 aromatic heterocycles. The lowest BCUT2D eigenvalue weighted by Gasteiger charge is -2.27. The Labute approximate surface area is 687 Å². The van der Waals surface area contributed by atoms with Gasteiger partial charge in [-0.05, 0) is 152 Å². The van der Waals surface area contributed by atoms with Crippen LogP contribution in [0.1, 0.15) is 109 Å². The van der Waals surface area contributed by atoms with E-state index in [1.54, 1.807) is 114 Å². The number of carbonyl (C=O) groups excluding carboxylic acids is 4. The number of H-pyrrole nitrogens is 1. The van der Waals surface area contributed by atoms with Crippen molar-refractivity contribution in [2.24, 2.45) is 0 Å². The Morgan fingerprint density at radius 3 is 2.08 bits per heavy atom. The first-order valence-corrected chi connectivity index (χ1v) is 42.7. The molecule has 2 aliphatic heterocycles. The molecule has 6 N–H and O–H groups in total. The molecule has 0 spiro atoms. The Balaban J connectivity index is 0.000000137. The van der Waals surface area contributed by atoms with E-state index >= 15 is 0 Å². The molecule has 0 saturated carbocycles. The van der Waals surface area contributed by atoms with Gasteiger partial charge in [-0.1, -0.05) is 127 Å². The average Bonchev–Trinajstić information content (AvgIpc) is 0.944. The number of amides is 3. The lowest BCUT2D eigenvalue weighted by atomic mass is 9.76. The second-order valence-corrected chi connectivity index (χ2v) is 33.7. The van der Waals surface area contributed by atoms with Gasteiger partial charge in [0.2, 0.25) is 20.0 Å². The van der Waals surface area contributed by atoms with Crippen LogP contribution in [0.15, 0.2) is 251 Å². The van der Waals surface area contributed by atoms with Gasteiger partial charge >= 0.3 is 12.2 Å². The van der Waals surface area contributed by atoms with Gasteiger partial charge in [-0.3, -0.25) is 29.7 Å². The molecule has 8 heterocycles. The predicted octanol–water partition coefficient (Wildman–Crippen LogP) is 17.5. The van der Waals surface area contributed by atoms with Gasteiger partial charge in [0, 0.05) is 151 Å². The van der Waals surface area contributed by atoms with Crippen LogP contribution >= 0.6 is 22.7 Å². The number of halogens is 5. The Kier molecular flexibility index (Phi) is 29.0. The van der Waals surface area contributed by atoms with E-state index in [4.69, 9.17) is 0 Å². The van der Waals surface area contributed by atoms with E-state index in [1.165, 1.54) is 69.2 Å². The van der Waals surface area contributed by atoms with Crippen molar-refractivity contribution in [3.63, 3.8) is 0 Å². The van der Waals surface area contributed by atoms with Crippen LogP contribution in [0, 0.1) is 18.6 Å². The first-order chi connectivity index (χ1) is 56.9. The normalized spacial score (nSPS) is 15.4. The summed E-state index contributed by atoms with van der Waals surface area (Å²) in [4.78, 5) is 77.4. The molecule has 3 amide bonds. The van der Waals surface area contributed by atoms with Gasteiger partial charge in [0.1, 0.15) is 35.3 Å². The van der Waals surface area contributed by atoms with E-state index in [1.807, 2.05) is 92.0 Å². The smallest absolute Gasteiger partial charge is 0.361 e. The molecule has 16 rings (SSSR count). The molecule has 0 radical (unpaired) electrons. The van der Waals surface area contributed by atoms with Gasteiger partial charge in [-0.25, -0.2) is 50.3 Å². The summed E-state index contributed by atoms with van der Waals surface area (Å²) < 4.78 is 122. The van der Waals surface area contributed by atoms with Crippen molar-refractivity contribution in [2.75, 3.05) is 43.4 Å². The minimum absolute atomic E-state index is 0.0309. The van der Waals surface area contributed by atoms with Crippen LogP contribution in [0.4, 0.5) is 42.8 Å². The van der Waals surface area contributed by atoms with E-state index in [-0.39, 0.29) is 64.7 Å². The van der Waals surface area contributed by atoms with Crippen LogP contribution in [0.25, 0.3) is 43.7 Å². The van der Waals surface area contributed by atoms with E-state index in [0.717, 1.165) is 89.3 Å². The summed E-state index contributed by atoms with van der Waals surface area (Å²) in [6, 6.07) is 48.7. The number of thiazole rings is 2. The zero-order chi connectivity index (χ0) is 83.4. The standard InChI is InChI=1S/C24H19F4NO2.C17H16N4OS.C16H19FN2O2S.C15H13N5OS.C15H18N2O2S/c1-13-8-18(30)11-19(14-2-4-17(5-3-14)24(26,27)28)23(13)22(31)10-16-9-15-6-7-29-21(15)12-20(16)25;1-12-3-2-4-13(9-12)10-19-16(22)21-17-20-15(11-23-17)14-5-7-18-8-6-14;1-12-11-18-9-4-10-19(12)22(20,21)15-8-3-6-13-5-2-7-14(17)16(13)15;21-14(17-8-11-4-2-1-3-5-11)12-9-22-15(19-12)20-13-6-7-16-10-18-13;18-20(19,17-10-3-1-2-4-11-17)15-7-5-6-13-12-16-9-8-14(13)15/h2-7,9,12,19,29H,8,10-11H2,1H3;2-9,11H,10H2,1H3,(H2,19,20,21,22);2-3,5-8,12,18H,4,9-11H2,1H3;1-7,9-10H,8H2,(H,17,21)(H,16,18,19,20);5-9,12H,1-4,10-11H2/t;;12-;;/m..0../s1. The fraction of sp³-hybridized carbons (Fsp3) is 0.241. The number of sulfonamides is 2. The number of benzene rings is 7. The molecule has 1 unspecified atom stereocenters. The number of nitrogens with one attached hydrogen (secondary N) is 6. The van der Waals surface area contributed by atoms with Crippen molar-refractivity contribution in [2.45, 2.75) is 113 Å². The summed E-state index contributed by atoms with van der Waals surface area (Å²) in [7, 11) is -7.14. The van der Waals surface area contributed by atoms with Gasteiger partial charge in [0.05, 0.1) is 21.0 Å². The molecular formula is C87H85F5N14O8S4. The highest BCUT2D eigenvalue weighted by atomic mass is 32.2. The number of urea groups is 1. The van der Waals surface area contributed by atoms with Gasteiger partial charge in [0.15, 0.2) is 16.0 Å². The number of hydrogen-bond donors (Lipinski definition) is 6. The molecule has 31 heteroatoms. The van der Waals surface area contributed by atoms with Gasteiger partial charge in [-0.15, -0.1) is 22.7 Å². The number of Topliss-reactive ketones (excluding diaryl/α,β-unsaturated/α-hetero) is 2. The molecule has 13 aromatic rings. The average molecular weight is 1680 g/mol. The predicted molar refractivity (Wildman–Crippen MR) is 449 cm³/mol. The Hall–Kier alpha value is -11.7. The molecule has 7 aromatic carbocycles. The van der Waals surface area contributed by atoms with E-state index in [0.29, 0.717) is 93.6 Å². The molecule has 1 aliphatic carbocycles. The third-order valence-corrected chi connectivity index (χ3v) is 25.2. The van der Waals surface area contributed by atoms with Crippen molar-refractivity contribution < 1.29 is 58.0 Å². The van der Waals surface area contributed by atoms with Crippen LogP contribution in [-0.4, -0.2) is 123 Å². The minimum Gasteiger partial charge on any atom is -0.361 e. The largest absolute Gasteiger partial charge is 0.416 e. The van der Waals surface area contributed by atoms with E-state index in [9.17, 15) is 58.0 Å². The summed E-state index contributed by atoms with van der Waals surface area (Å²) in [6.45, 7) is 9.63. The fourth-order valence-electron chi connectivity index (χ4n) is 13.8. The van der Waals surface area contributed by atoms with Crippen molar-refractivity contribution in [1.82, 2.24) is 59.4 Å². The summed E-state index contributed by atoms with van der Waals surface area (Å²) >= 11 is 2.74. The highest BCUT2D eigenvalue weighted by Crippen LogP contribution is 2.40. The number of nitrogens with zero attached hydrogens (tertiary/aromatic N) is 8. The summed E-state index contributed by atoms with van der Waals surface area (Å²) in [6.07, 6.45) is 11.9. The molecule has 2 fully saturated rings. The Morgan fingerprint density at radius 1 is 0.644 bits per heavy atom.